The van der Waals surface area contributed by atoms with Crippen LogP contribution in [0.5, 0.6) is 0 Å². The first-order valence-electron chi connectivity index (χ1n) is 9.68. The number of hydrogen-bond donors (Lipinski definition) is 2. The first-order chi connectivity index (χ1) is 15.3. The number of nitrogens with one attached hydrogen (secondary N) is 2. The van der Waals surface area contributed by atoms with E-state index in [1.165, 1.54) is 21.1 Å². The number of ether oxygens (including phenoxy) is 2. The van der Waals surface area contributed by atoms with Gasteiger partial charge in [-0.25, -0.2) is 9.97 Å². The Labute approximate surface area is 190 Å². The number of hydrogen-bond acceptors (Lipinski definition) is 7. The lowest BCUT2D eigenvalue weighted by Crippen LogP contribution is -2.34. The third-order valence-corrected chi connectivity index (χ3v) is 4.88. The minimum absolute atomic E-state index is 0.0522. The molecule has 32 heavy (non-hydrogen) atoms. The lowest BCUT2D eigenvalue weighted by atomic mass is 10.1. The predicted octanol–water partition coefficient (Wildman–Crippen LogP) is 3.67. The summed E-state index contributed by atoms with van der Waals surface area (Å²) in [5.74, 6) is -0.00631. The number of anilines is 1. The summed E-state index contributed by atoms with van der Waals surface area (Å²) >= 11 is 6.36. The molecule has 0 bridgehead atoms. The zero-order valence-electron chi connectivity index (χ0n) is 18.1. The Morgan fingerprint density at radius 3 is 2.56 bits per heavy atom. The topological polar surface area (TPSA) is 116 Å². The Bertz CT molecular complexity index is 1130. The monoisotopic (exact) mass is 458 g/mol. The molecule has 1 aromatic carbocycles. The SMILES string of the molecule is COC(CNC(=O)c1nc(-c2cc(NC(C)=O)ncc2C)oc1-c1ccccc1Cl)OC. The molecule has 0 saturated heterocycles. The van der Waals surface area contributed by atoms with Gasteiger partial charge in [-0.15, -0.1) is 0 Å². The van der Waals surface area contributed by atoms with Gasteiger partial charge in [-0.2, -0.15) is 0 Å². The molecule has 0 aliphatic heterocycles. The van der Waals surface area contributed by atoms with Crippen LogP contribution in [0.15, 0.2) is 40.9 Å². The van der Waals surface area contributed by atoms with E-state index in [2.05, 4.69) is 20.6 Å². The molecule has 3 rings (SSSR count). The van der Waals surface area contributed by atoms with E-state index in [4.69, 9.17) is 25.5 Å². The van der Waals surface area contributed by atoms with Gasteiger partial charge < -0.3 is 24.5 Å². The van der Waals surface area contributed by atoms with E-state index in [9.17, 15) is 9.59 Å². The molecule has 0 radical (unpaired) electrons. The van der Waals surface area contributed by atoms with Crippen molar-refractivity contribution in [1.82, 2.24) is 15.3 Å². The molecular formula is C22H23ClN4O5. The smallest absolute Gasteiger partial charge is 0.274 e. The van der Waals surface area contributed by atoms with Crippen LogP contribution in [-0.2, 0) is 14.3 Å². The third kappa shape index (κ3) is 5.31. The summed E-state index contributed by atoms with van der Waals surface area (Å²) in [7, 11) is 2.95. The molecule has 0 spiro atoms. The maximum Gasteiger partial charge on any atom is 0.274 e. The summed E-state index contributed by atoms with van der Waals surface area (Å²) in [6, 6.07) is 8.62. The van der Waals surface area contributed by atoms with Crippen LogP contribution in [0.1, 0.15) is 23.0 Å². The lowest BCUT2D eigenvalue weighted by molar-refractivity contribution is -0.114. The zero-order chi connectivity index (χ0) is 23.3. The van der Waals surface area contributed by atoms with Crippen molar-refractivity contribution in [2.24, 2.45) is 0 Å². The molecule has 3 aromatic rings. The summed E-state index contributed by atoms with van der Waals surface area (Å²) in [6.45, 7) is 3.31. The first-order valence-corrected chi connectivity index (χ1v) is 10.1. The van der Waals surface area contributed by atoms with Crippen molar-refractivity contribution in [2.45, 2.75) is 20.1 Å². The maximum atomic E-state index is 13.0. The number of aryl methyl sites for hydroxylation is 1. The number of methoxy groups -OCH3 is 2. The summed E-state index contributed by atoms with van der Waals surface area (Å²) < 4.78 is 16.3. The minimum Gasteiger partial charge on any atom is -0.435 e. The van der Waals surface area contributed by atoms with Crippen molar-refractivity contribution in [1.29, 1.82) is 0 Å². The second kappa shape index (κ2) is 10.4. The van der Waals surface area contributed by atoms with Crippen LogP contribution in [0.3, 0.4) is 0 Å². The van der Waals surface area contributed by atoms with Gasteiger partial charge in [-0.1, -0.05) is 23.7 Å². The number of amides is 2. The molecule has 0 aliphatic carbocycles. The zero-order valence-corrected chi connectivity index (χ0v) is 18.8. The predicted molar refractivity (Wildman–Crippen MR) is 119 cm³/mol. The molecule has 0 saturated carbocycles. The van der Waals surface area contributed by atoms with Gasteiger partial charge >= 0.3 is 0 Å². The molecule has 9 nitrogen and oxygen atoms in total. The number of pyridine rings is 1. The Morgan fingerprint density at radius 2 is 1.91 bits per heavy atom. The number of nitrogens with zero attached hydrogens (tertiary/aromatic N) is 2. The molecular weight excluding hydrogens is 436 g/mol. The molecule has 2 N–H and O–H groups in total. The average Bonchev–Trinajstić information content (AvgIpc) is 3.20. The van der Waals surface area contributed by atoms with E-state index in [-0.39, 0.29) is 29.8 Å². The van der Waals surface area contributed by atoms with Crippen molar-refractivity contribution in [3.05, 3.63) is 52.8 Å². The fourth-order valence-electron chi connectivity index (χ4n) is 2.94. The van der Waals surface area contributed by atoms with Crippen molar-refractivity contribution in [2.75, 3.05) is 26.1 Å². The number of carbonyl (C=O) groups excluding carboxylic acids is 2. The largest absolute Gasteiger partial charge is 0.435 e. The summed E-state index contributed by atoms with van der Waals surface area (Å²) in [5, 5.41) is 5.75. The van der Waals surface area contributed by atoms with Gasteiger partial charge in [0.2, 0.25) is 11.8 Å². The highest BCUT2D eigenvalue weighted by Crippen LogP contribution is 2.35. The second-order valence-electron chi connectivity index (χ2n) is 6.85. The highest BCUT2D eigenvalue weighted by atomic mass is 35.5. The molecule has 2 heterocycles. The van der Waals surface area contributed by atoms with E-state index in [0.29, 0.717) is 22.0 Å². The average molecular weight is 459 g/mol. The van der Waals surface area contributed by atoms with Gasteiger partial charge in [-0.3, -0.25) is 9.59 Å². The maximum absolute atomic E-state index is 13.0. The molecule has 2 aromatic heterocycles. The van der Waals surface area contributed by atoms with Crippen molar-refractivity contribution in [3.8, 4) is 22.8 Å². The Hall–Kier alpha value is -3.27. The number of carbonyl (C=O) groups is 2. The number of aromatic nitrogens is 2. The first kappa shape index (κ1) is 23.4. The Morgan fingerprint density at radius 1 is 1.19 bits per heavy atom. The van der Waals surface area contributed by atoms with Crippen molar-refractivity contribution in [3.63, 3.8) is 0 Å². The number of benzene rings is 1. The van der Waals surface area contributed by atoms with Crippen molar-refractivity contribution >= 4 is 29.2 Å². The normalized spacial score (nSPS) is 10.9. The van der Waals surface area contributed by atoms with E-state index in [0.717, 1.165) is 5.56 Å². The third-order valence-electron chi connectivity index (χ3n) is 4.55. The van der Waals surface area contributed by atoms with Crippen LogP contribution in [-0.4, -0.2) is 48.8 Å². The molecule has 168 valence electrons. The quantitative estimate of drug-likeness (QED) is 0.495. The number of halogens is 1. The fraction of sp³-hybridized carbons (Fsp3) is 0.273. The van der Waals surface area contributed by atoms with Gasteiger partial charge in [-0.05, 0) is 30.7 Å². The van der Waals surface area contributed by atoms with Crippen LogP contribution in [0.25, 0.3) is 22.8 Å². The summed E-state index contributed by atoms with van der Waals surface area (Å²) in [5.41, 5.74) is 1.89. The van der Waals surface area contributed by atoms with Crippen LogP contribution in [0.2, 0.25) is 5.02 Å². The molecule has 0 aliphatic rings. The minimum atomic E-state index is -0.614. The van der Waals surface area contributed by atoms with Gasteiger partial charge in [0.25, 0.3) is 5.91 Å². The Kier molecular flexibility index (Phi) is 7.57. The van der Waals surface area contributed by atoms with Gasteiger partial charge in [0, 0.05) is 38.5 Å². The molecule has 0 unspecified atom stereocenters. The standard InChI is InChI=1S/C22H23ClN4O5/c1-12-10-24-17(26-13(2)28)9-15(12)22-27-19(21(29)25-11-18(30-3)31-4)20(32-22)14-7-5-6-8-16(14)23/h5-10,18H,11H2,1-4H3,(H,25,29)(H,24,26,28). The van der Waals surface area contributed by atoms with E-state index in [1.807, 2.05) is 6.92 Å². The second-order valence-corrected chi connectivity index (χ2v) is 7.26. The van der Waals surface area contributed by atoms with E-state index < -0.39 is 12.2 Å². The number of oxazole rings is 1. The van der Waals surface area contributed by atoms with E-state index in [1.54, 1.807) is 36.5 Å². The van der Waals surface area contributed by atoms with Crippen LogP contribution >= 0.6 is 11.6 Å². The Balaban J connectivity index is 2.07. The molecule has 2 amide bonds. The van der Waals surface area contributed by atoms with E-state index >= 15 is 0 Å². The van der Waals surface area contributed by atoms with Gasteiger partial charge in [0.15, 0.2) is 17.7 Å². The summed E-state index contributed by atoms with van der Waals surface area (Å²) in [4.78, 5) is 33.0. The summed E-state index contributed by atoms with van der Waals surface area (Å²) in [6.07, 6.45) is 0.971. The van der Waals surface area contributed by atoms with Gasteiger partial charge in [0.05, 0.1) is 11.6 Å². The highest BCUT2D eigenvalue weighted by Gasteiger charge is 2.25. The van der Waals surface area contributed by atoms with Crippen LogP contribution < -0.4 is 10.6 Å². The van der Waals surface area contributed by atoms with Gasteiger partial charge in [0.1, 0.15) is 5.82 Å². The molecule has 10 heteroatoms. The molecule has 0 fully saturated rings. The van der Waals surface area contributed by atoms with Crippen LogP contribution in [0.4, 0.5) is 5.82 Å². The highest BCUT2D eigenvalue weighted by molar-refractivity contribution is 6.33. The number of rotatable bonds is 8. The lowest BCUT2D eigenvalue weighted by Gasteiger charge is -2.13. The molecule has 0 atom stereocenters. The van der Waals surface area contributed by atoms with Crippen LogP contribution in [0, 0.1) is 6.92 Å². The van der Waals surface area contributed by atoms with Crippen molar-refractivity contribution < 1.29 is 23.5 Å². The fourth-order valence-corrected chi connectivity index (χ4v) is 3.16.